The van der Waals surface area contributed by atoms with Gasteiger partial charge in [0.1, 0.15) is 0 Å². The molecule has 3 rings (SSSR count). The summed E-state index contributed by atoms with van der Waals surface area (Å²) in [6.07, 6.45) is 3.25. The predicted octanol–water partition coefficient (Wildman–Crippen LogP) is 2.02. The molecule has 0 aliphatic rings. The summed E-state index contributed by atoms with van der Waals surface area (Å²) < 4.78 is 1.78. The van der Waals surface area contributed by atoms with Crippen LogP contribution in [0.5, 0.6) is 0 Å². The second-order valence-corrected chi connectivity index (χ2v) is 5.24. The highest BCUT2D eigenvalue weighted by molar-refractivity contribution is 7.17. The molecule has 0 aliphatic heterocycles. The minimum Gasteiger partial charge on any atom is -0.318 e. The molecule has 0 unspecified atom stereocenters. The number of carbonyl (C=O) groups excluding carboxylic acids is 1. The van der Waals surface area contributed by atoms with Gasteiger partial charge in [-0.25, -0.2) is 4.68 Å². The Morgan fingerprint density at radius 2 is 2.15 bits per heavy atom. The van der Waals surface area contributed by atoms with Crippen LogP contribution in [-0.2, 0) is 0 Å². The summed E-state index contributed by atoms with van der Waals surface area (Å²) in [7, 11) is 0. The summed E-state index contributed by atoms with van der Waals surface area (Å²) in [6.45, 7) is 0. The molecule has 2 aromatic heterocycles. The van der Waals surface area contributed by atoms with Gasteiger partial charge in [-0.2, -0.15) is 0 Å². The monoisotopic (exact) mass is 306 g/mol. The minimum absolute atomic E-state index is 0.198. The minimum atomic E-state index is -0.373. The molecule has 0 saturated carbocycles. The number of hydrogen-bond donors (Lipinski definition) is 1. The van der Waals surface area contributed by atoms with Gasteiger partial charge in [0.25, 0.3) is 5.91 Å². The first-order chi connectivity index (χ1) is 9.74. The van der Waals surface area contributed by atoms with E-state index >= 15 is 0 Å². The fourth-order valence-electron chi connectivity index (χ4n) is 1.59. The molecular weight excluding hydrogens is 300 g/mol. The van der Waals surface area contributed by atoms with E-state index in [1.54, 1.807) is 23.1 Å². The molecule has 0 radical (unpaired) electrons. The number of aromatic nitrogens is 5. The van der Waals surface area contributed by atoms with E-state index in [1.807, 2.05) is 18.2 Å². The number of rotatable bonds is 3. The van der Waals surface area contributed by atoms with E-state index in [2.05, 4.69) is 25.8 Å². The lowest BCUT2D eigenvalue weighted by molar-refractivity contribution is 0.102. The maximum Gasteiger partial charge on any atom is 0.286 e. The van der Waals surface area contributed by atoms with Crippen LogP contribution < -0.4 is 5.32 Å². The van der Waals surface area contributed by atoms with Crippen molar-refractivity contribution in [2.75, 3.05) is 5.32 Å². The number of halogens is 1. The molecule has 0 atom stereocenters. The smallest absolute Gasteiger partial charge is 0.286 e. The van der Waals surface area contributed by atoms with Gasteiger partial charge in [0, 0.05) is 0 Å². The molecule has 1 aromatic carbocycles. The van der Waals surface area contributed by atoms with Crippen LogP contribution in [0.3, 0.4) is 0 Å². The van der Waals surface area contributed by atoms with Gasteiger partial charge in [-0.05, 0) is 23.7 Å². The Morgan fingerprint density at radius 3 is 2.85 bits per heavy atom. The standard InChI is InChI=1S/C11H7ClN6OS/c12-11-16-15-10(20-11)9(19)14-7-3-1-2-4-8(7)18-6-5-13-17-18/h1-6H,(H,14,19). The lowest BCUT2D eigenvalue weighted by Crippen LogP contribution is -2.13. The fraction of sp³-hybridized carbons (Fsp3) is 0. The Morgan fingerprint density at radius 1 is 1.30 bits per heavy atom. The van der Waals surface area contributed by atoms with E-state index in [0.29, 0.717) is 11.4 Å². The molecule has 3 aromatic rings. The highest BCUT2D eigenvalue weighted by Gasteiger charge is 2.14. The van der Waals surface area contributed by atoms with Crippen LogP contribution in [0.1, 0.15) is 9.80 Å². The maximum atomic E-state index is 12.0. The van der Waals surface area contributed by atoms with Gasteiger partial charge in [0.2, 0.25) is 9.47 Å². The Labute approximate surface area is 122 Å². The average Bonchev–Trinajstić information content (AvgIpc) is 3.10. The molecule has 20 heavy (non-hydrogen) atoms. The van der Waals surface area contributed by atoms with Crippen molar-refractivity contribution in [2.24, 2.45) is 0 Å². The first-order valence-electron chi connectivity index (χ1n) is 5.50. The first-order valence-corrected chi connectivity index (χ1v) is 6.69. The molecule has 1 N–H and O–H groups in total. The van der Waals surface area contributed by atoms with Crippen LogP contribution >= 0.6 is 22.9 Å². The van der Waals surface area contributed by atoms with E-state index in [4.69, 9.17) is 11.6 Å². The van der Waals surface area contributed by atoms with E-state index in [0.717, 1.165) is 11.3 Å². The molecule has 0 fully saturated rings. The topological polar surface area (TPSA) is 85.6 Å². The molecule has 1 amide bonds. The van der Waals surface area contributed by atoms with E-state index in [-0.39, 0.29) is 15.4 Å². The SMILES string of the molecule is O=C(Nc1ccccc1-n1ccnn1)c1nnc(Cl)s1. The quantitative estimate of drug-likeness (QED) is 0.800. The van der Waals surface area contributed by atoms with Crippen LogP contribution in [0, 0.1) is 0 Å². The molecule has 2 heterocycles. The van der Waals surface area contributed by atoms with Gasteiger partial charge in [-0.3, -0.25) is 4.79 Å². The zero-order valence-electron chi connectivity index (χ0n) is 9.89. The van der Waals surface area contributed by atoms with Crippen molar-refractivity contribution in [3.63, 3.8) is 0 Å². The van der Waals surface area contributed by atoms with Gasteiger partial charge >= 0.3 is 0 Å². The number of benzene rings is 1. The summed E-state index contributed by atoms with van der Waals surface area (Å²) in [5, 5.41) is 17.9. The average molecular weight is 307 g/mol. The molecule has 0 spiro atoms. The van der Waals surface area contributed by atoms with Crippen LogP contribution in [0.4, 0.5) is 5.69 Å². The molecule has 9 heteroatoms. The van der Waals surface area contributed by atoms with Gasteiger partial charge in [0.15, 0.2) is 0 Å². The van der Waals surface area contributed by atoms with Crippen LogP contribution in [0.15, 0.2) is 36.7 Å². The normalized spacial score (nSPS) is 10.4. The van der Waals surface area contributed by atoms with Gasteiger partial charge in [-0.15, -0.1) is 15.3 Å². The first kappa shape index (κ1) is 12.7. The summed E-state index contributed by atoms with van der Waals surface area (Å²) in [4.78, 5) is 12.0. The third-order valence-electron chi connectivity index (χ3n) is 2.42. The van der Waals surface area contributed by atoms with E-state index < -0.39 is 0 Å². The number of anilines is 1. The second kappa shape index (κ2) is 5.35. The van der Waals surface area contributed by atoms with Crippen molar-refractivity contribution < 1.29 is 4.79 Å². The Balaban J connectivity index is 1.90. The molecule has 0 bridgehead atoms. The Hall–Kier alpha value is -2.32. The zero-order valence-corrected chi connectivity index (χ0v) is 11.5. The Bertz CT molecular complexity index is 741. The van der Waals surface area contributed by atoms with Crippen LogP contribution in [0.2, 0.25) is 4.47 Å². The van der Waals surface area contributed by atoms with Gasteiger partial charge in [-0.1, -0.05) is 28.7 Å². The largest absolute Gasteiger partial charge is 0.318 e. The number of para-hydroxylation sites is 2. The number of hydrogen-bond acceptors (Lipinski definition) is 6. The summed E-state index contributed by atoms with van der Waals surface area (Å²) in [6, 6.07) is 7.23. The van der Waals surface area contributed by atoms with Crippen molar-refractivity contribution in [3.05, 3.63) is 46.1 Å². The van der Waals surface area contributed by atoms with Crippen molar-refractivity contribution in [3.8, 4) is 5.69 Å². The number of amides is 1. The fourth-order valence-corrected chi connectivity index (χ4v) is 2.31. The highest BCUT2D eigenvalue weighted by Crippen LogP contribution is 2.21. The molecule has 0 saturated heterocycles. The Kier molecular flexibility index (Phi) is 3.40. The molecule has 0 aliphatic carbocycles. The second-order valence-electron chi connectivity index (χ2n) is 3.68. The lowest BCUT2D eigenvalue weighted by Gasteiger charge is -2.08. The summed E-state index contributed by atoms with van der Waals surface area (Å²) in [5.41, 5.74) is 1.29. The van der Waals surface area contributed by atoms with Crippen molar-refractivity contribution in [1.82, 2.24) is 25.2 Å². The molecule has 100 valence electrons. The predicted molar refractivity (Wildman–Crippen MR) is 74.2 cm³/mol. The van der Waals surface area contributed by atoms with E-state index in [1.165, 1.54) is 0 Å². The third-order valence-corrected chi connectivity index (χ3v) is 3.43. The van der Waals surface area contributed by atoms with Gasteiger partial charge < -0.3 is 5.32 Å². The van der Waals surface area contributed by atoms with Gasteiger partial charge in [0.05, 0.1) is 23.8 Å². The van der Waals surface area contributed by atoms with Crippen molar-refractivity contribution in [2.45, 2.75) is 0 Å². The lowest BCUT2D eigenvalue weighted by atomic mass is 10.2. The van der Waals surface area contributed by atoms with E-state index in [9.17, 15) is 4.79 Å². The number of nitrogens with one attached hydrogen (secondary N) is 1. The highest BCUT2D eigenvalue weighted by atomic mass is 35.5. The van der Waals surface area contributed by atoms with Crippen LogP contribution in [-0.4, -0.2) is 31.1 Å². The van der Waals surface area contributed by atoms with Crippen LogP contribution in [0.25, 0.3) is 5.69 Å². The molecule has 7 nitrogen and oxygen atoms in total. The zero-order chi connectivity index (χ0) is 13.9. The summed E-state index contributed by atoms with van der Waals surface area (Å²) >= 11 is 6.68. The third kappa shape index (κ3) is 2.51. The molecular formula is C11H7ClN6OS. The maximum absolute atomic E-state index is 12.0. The number of carbonyl (C=O) groups is 1. The van der Waals surface area contributed by atoms with Crippen molar-refractivity contribution in [1.29, 1.82) is 0 Å². The number of nitrogens with zero attached hydrogens (tertiary/aromatic N) is 5. The summed E-state index contributed by atoms with van der Waals surface area (Å²) in [5.74, 6) is -0.373. The van der Waals surface area contributed by atoms with Crippen molar-refractivity contribution >= 4 is 34.5 Å².